The third-order valence-corrected chi connectivity index (χ3v) is 1.53. The smallest absolute Gasteiger partial charge is 0.353 e. The maximum absolute atomic E-state index is 11.0. The van der Waals surface area contributed by atoms with Crippen LogP contribution in [0.3, 0.4) is 0 Å². The third kappa shape index (κ3) is 3.86. The molecule has 0 aliphatic carbocycles. The summed E-state index contributed by atoms with van der Waals surface area (Å²) in [5, 5.41) is 18.8. The van der Waals surface area contributed by atoms with Crippen LogP contribution in [0.15, 0.2) is 0 Å². The van der Waals surface area contributed by atoms with Crippen LogP contribution in [-0.4, -0.2) is 34.4 Å². The maximum Gasteiger partial charge on any atom is 0.353 e. The van der Waals surface area contributed by atoms with Gasteiger partial charge in [-0.3, -0.25) is 4.79 Å². The average Bonchev–Trinajstić information content (AvgIpc) is 2.02. The van der Waals surface area contributed by atoms with Gasteiger partial charge in [-0.05, 0) is 5.92 Å². The predicted octanol–water partition coefficient (Wildman–Crippen LogP) is -1.51. The zero-order valence-electron chi connectivity index (χ0n) is 7.52. The molecule has 0 spiro atoms. The molecule has 0 rings (SSSR count). The Balaban J connectivity index is 4.08. The highest BCUT2D eigenvalue weighted by molar-refractivity contribution is 5.86. The first-order chi connectivity index (χ1) is 5.86. The lowest BCUT2D eigenvalue weighted by atomic mass is 10.1. The normalized spacial score (nSPS) is 15.2. The molecule has 0 saturated heterocycles. The lowest BCUT2D eigenvalue weighted by Gasteiger charge is -2.16. The molecule has 0 heterocycles. The molecular weight excluding hydrogens is 176 g/mol. The van der Waals surface area contributed by atoms with Crippen molar-refractivity contribution in [1.29, 1.82) is 0 Å². The summed E-state index contributed by atoms with van der Waals surface area (Å²) in [6.45, 7) is 3.44. The van der Waals surface area contributed by atoms with E-state index in [1.54, 1.807) is 13.8 Å². The molecule has 0 aliphatic heterocycles. The Hall–Kier alpha value is -1.14. The summed E-state index contributed by atoms with van der Waals surface area (Å²) in [6, 6.07) is -0.811. The highest BCUT2D eigenvalue weighted by atomic mass is 16.4. The van der Waals surface area contributed by atoms with Crippen molar-refractivity contribution in [3.63, 3.8) is 0 Å². The van der Waals surface area contributed by atoms with Crippen molar-refractivity contribution in [2.75, 3.05) is 0 Å². The van der Waals surface area contributed by atoms with Gasteiger partial charge in [0.1, 0.15) is 0 Å². The van der Waals surface area contributed by atoms with E-state index in [1.165, 1.54) is 0 Å². The summed E-state index contributed by atoms with van der Waals surface area (Å²) in [5.41, 5.74) is 5.39. The van der Waals surface area contributed by atoms with E-state index < -0.39 is 24.1 Å². The fourth-order valence-corrected chi connectivity index (χ4v) is 0.595. The van der Waals surface area contributed by atoms with Crippen molar-refractivity contribution in [1.82, 2.24) is 5.32 Å². The highest BCUT2D eigenvalue weighted by Gasteiger charge is 2.22. The first-order valence-corrected chi connectivity index (χ1v) is 3.83. The molecule has 6 nitrogen and oxygen atoms in total. The molecular formula is C7H14N2O4. The number of amides is 1. The Morgan fingerprint density at radius 3 is 2.15 bits per heavy atom. The Labute approximate surface area is 75.7 Å². The molecule has 0 aromatic rings. The summed E-state index contributed by atoms with van der Waals surface area (Å²) < 4.78 is 0. The first kappa shape index (κ1) is 11.9. The quantitative estimate of drug-likeness (QED) is 0.402. The van der Waals surface area contributed by atoms with Gasteiger partial charge in [-0.2, -0.15) is 0 Å². The van der Waals surface area contributed by atoms with Crippen LogP contribution in [0.4, 0.5) is 0 Å². The van der Waals surface area contributed by atoms with E-state index >= 15 is 0 Å². The second-order valence-electron chi connectivity index (χ2n) is 3.02. The standard InChI is InChI=1S/C7H14N2O4/c1-3(2)4(8)5(10)9-6(11)7(12)13/h3-4,6,11H,8H2,1-2H3,(H,9,10)(H,12,13)/t4-,6-/m0/s1. The minimum absolute atomic E-state index is 0.110. The van der Waals surface area contributed by atoms with Gasteiger partial charge >= 0.3 is 5.97 Å². The minimum atomic E-state index is -1.89. The van der Waals surface area contributed by atoms with E-state index in [4.69, 9.17) is 15.9 Å². The van der Waals surface area contributed by atoms with Crippen molar-refractivity contribution in [2.45, 2.75) is 26.1 Å². The molecule has 5 N–H and O–H groups in total. The number of hydrogen-bond acceptors (Lipinski definition) is 4. The largest absolute Gasteiger partial charge is 0.478 e. The Morgan fingerprint density at radius 1 is 1.38 bits per heavy atom. The van der Waals surface area contributed by atoms with E-state index in [0.717, 1.165) is 0 Å². The van der Waals surface area contributed by atoms with Crippen LogP contribution >= 0.6 is 0 Å². The van der Waals surface area contributed by atoms with Gasteiger partial charge in [0.05, 0.1) is 6.04 Å². The number of carbonyl (C=O) groups excluding carboxylic acids is 1. The molecule has 2 atom stereocenters. The summed E-state index contributed by atoms with van der Waals surface area (Å²) in [4.78, 5) is 21.2. The number of nitrogens with two attached hydrogens (primary N) is 1. The zero-order valence-corrected chi connectivity index (χ0v) is 7.52. The monoisotopic (exact) mass is 190 g/mol. The van der Waals surface area contributed by atoms with E-state index in [1.807, 2.05) is 5.32 Å². The molecule has 0 aliphatic rings. The van der Waals surface area contributed by atoms with Gasteiger partial charge < -0.3 is 21.3 Å². The molecule has 0 aromatic heterocycles. The first-order valence-electron chi connectivity index (χ1n) is 3.83. The zero-order chi connectivity index (χ0) is 10.6. The predicted molar refractivity (Wildman–Crippen MR) is 44.6 cm³/mol. The summed E-state index contributed by atoms with van der Waals surface area (Å²) in [7, 11) is 0. The van der Waals surface area contributed by atoms with Crippen molar-refractivity contribution >= 4 is 11.9 Å². The van der Waals surface area contributed by atoms with E-state index in [-0.39, 0.29) is 5.92 Å². The number of aliphatic hydroxyl groups is 1. The fourth-order valence-electron chi connectivity index (χ4n) is 0.595. The van der Waals surface area contributed by atoms with Gasteiger partial charge in [-0.15, -0.1) is 0 Å². The molecule has 0 bridgehead atoms. The van der Waals surface area contributed by atoms with Gasteiger partial charge in [0, 0.05) is 0 Å². The number of rotatable bonds is 4. The molecule has 1 amide bonds. The van der Waals surface area contributed by atoms with E-state index in [2.05, 4.69) is 0 Å². The van der Waals surface area contributed by atoms with Crippen molar-refractivity contribution in [3.8, 4) is 0 Å². The van der Waals surface area contributed by atoms with Crippen molar-refractivity contribution < 1.29 is 19.8 Å². The van der Waals surface area contributed by atoms with Gasteiger partial charge in [-0.25, -0.2) is 4.79 Å². The lowest BCUT2D eigenvalue weighted by Crippen LogP contribution is -2.50. The molecule has 0 saturated carbocycles. The van der Waals surface area contributed by atoms with Crippen LogP contribution in [0.2, 0.25) is 0 Å². The average molecular weight is 190 g/mol. The number of hydrogen-bond donors (Lipinski definition) is 4. The minimum Gasteiger partial charge on any atom is -0.478 e. The van der Waals surface area contributed by atoms with Crippen LogP contribution in [0.1, 0.15) is 13.8 Å². The molecule has 6 heteroatoms. The van der Waals surface area contributed by atoms with E-state index in [9.17, 15) is 9.59 Å². The number of carboxylic acid groups (broad SMARTS) is 1. The van der Waals surface area contributed by atoms with Crippen molar-refractivity contribution in [2.24, 2.45) is 11.7 Å². The van der Waals surface area contributed by atoms with Crippen LogP contribution < -0.4 is 11.1 Å². The Morgan fingerprint density at radius 2 is 1.85 bits per heavy atom. The topological polar surface area (TPSA) is 113 Å². The van der Waals surface area contributed by atoms with Gasteiger partial charge in [-0.1, -0.05) is 13.8 Å². The number of aliphatic carboxylic acids is 1. The van der Waals surface area contributed by atoms with E-state index in [0.29, 0.717) is 0 Å². The molecule has 0 fully saturated rings. The van der Waals surface area contributed by atoms with Gasteiger partial charge in [0.25, 0.3) is 0 Å². The second-order valence-corrected chi connectivity index (χ2v) is 3.02. The van der Waals surface area contributed by atoms with Gasteiger partial charge in [0.15, 0.2) is 0 Å². The Kier molecular flexibility index (Phi) is 4.36. The lowest BCUT2D eigenvalue weighted by molar-refractivity contribution is -0.151. The SMILES string of the molecule is CC(C)[C@H](N)C(=O)N[C@@H](O)C(=O)O. The van der Waals surface area contributed by atoms with Crippen LogP contribution in [-0.2, 0) is 9.59 Å². The molecule has 0 aromatic carbocycles. The number of nitrogens with one attached hydrogen (secondary N) is 1. The third-order valence-electron chi connectivity index (χ3n) is 1.53. The number of carbonyl (C=O) groups is 2. The summed E-state index contributed by atoms with van der Waals surface area (Å²) in [6.07, 6.45) is -1.89. The number of carboxylic acids is 1. The highest BCUT2D eigenvalue weighted by Crippen LogP contribution is 1.97. The van der Waals surface area contributed by atoms with Gasteiger partial charge in [0.2, 0.25) is 12.1 Å². The second kappa shape index (κ2) is 4.78. The van der Waals surface area contributed by atoms with Crippen LogP contribution in [0.25, 0.3) is 0 Å². The van der Waals surface area contributed by atoms with Crippen LogP contribution in [0, 0.1) is 5.92 Å². The molecule has 13 heavy (non-hydrogen) atoms. The number of aliphatic hydroxyl groups excluding tert-OH is 1. The summed E-state index contributed by atoms with van der Waals surface area (Å²) >= 11 is 0. The molecule has 0 radical (unpaired) electrons. The Bertz CT molecular complexity index is 205. The van der Waals surface area contributed by atoms with Crippen LogP contribution in [0.5, 0.6) is 0 Å². The maximum atomic E-state index is 11.0. The summed E-state index contributed by atoms with van der Waals surface area (Å²) in [5.74, 6) is -2.30. The molecule has 76 valence electrons. The molecule has 0 unspecified atom stereocenters. The fraction of sp³-hybridized carbons (Fsp3) is 0.714. The van der Waals surface area contributed by atoms with Crippen molar-refractivity contribution in [3.05, 3.63) is 0 Å².